The van der Waals surface area contributed by atoms with Crippen LogP contribution in [-0.2, 0) is 0 Å². The van der Waals surface area contributed by atoms with Gasteiger partial charge in [-0.15, -0.1) is 0 Å². The number of ketones is 1. The van der Waals surface area contributed by atoms with Gasteiger partial charge in [0.15, 0.2) is 5.78 Å². The van der Waals surface area contributed by atoms with Crippen LogP contribution in [0, 0.1) is 18.6 Å². The van der Waals surface area contributed by atoms with E-state index < -0.39 is 23.0 Å². The van der Waals surface area contributed by atoms with E-state index in [1.165, 1.54) is 12.1 Å². The number of nitrogens with zero attached hydrogens (tertiary/aromatic N) is 1. The van der Waals surface area contributed by atoms with Crippen molar-refractivity contribution in [3.05, 3.63) is 34.9 Å². The zero-order valence-electron chi connectivity index (χ0n) is 13.0. The van der Waals surface area contributed by atoms with Gasteiger partial charge < -0.3 is 0 Å². The number of Topliss-reactive ketones (excluding diaryl/α,β-unsaturated/α-hetero) is 1. The van der Waals surface area contributed by atoms with Crippen LogP contribution in [0.25, 0.3) is 0 Å². The second-order valence-corrected chi connectivity index (χ2v) is 5.82. The fourth-order valence-electron chi connectivity index (χ4n) is 3.40. The lowest BCUT2D eigenvalue weighted by Crippen LogP contribution is -2.53. The Bertz CT molecular complexity index is 532. The van der Waals surface area contributed by atoms with Gasteiger partial charge in [0, 0.05) is 0 Å². The molecular formula is C17H23F2NO. The van der Waals surface area contributed by atoms with Crippen LogP contribution in [0.15, 0.2) is 12.1 Å². The van der Waals surface area contributed by atoms with Crippen LogP contribution in [0.2, 0.25) is 0 Å². The van der Waals surface area contributed by atoms with Crippen molar-refractivity contribution in [3.8, 4) is 0 Å². The summed E-state index contributed by atoms with van der Waals surface area (Å²) in [5.74, 6) is -1.88. The van der Waals surface area contributed by atoms with E-state index in [1.54, 1.807) is 6.92 Å². The maximum Gasteiger partial charge on any atom is 0.188 e. The number of benzene rings is 1. The van der Waals surface area contributed by atoms with Crippen molar-refractivity contribution in [2.24, 2.45) is 0 Å². The number of aryl methyl sites for hydroxylation is 1. The second kappa shape index (κ2) is 6.22. The van der Waals surface area contributed by atoms with Gasteiger partial charge >= 0.3 is 0 Å². The second-order valence-electron chi connectivity index (χ2n) is 5.82. The summed E-state index contributed by atoms with van der Waals surface area (Å²) in [6.07, 6.45) is 3.20. The molecule has 0 radical (unpaired) electrons. The highest BCUT2D eigenvalue weighted by atomic mass is 19.1. The van der Waals surface area contributed by atoms with Gasteiger partial charge in [-0.25, -0.2) is 8.78 Å². The number of hydrogen-bond donors (Lipinski definition) is 0. The summed E-state index contributed by atoms with van der Waals surface area (Å²) in [6.45, 7) is 7.04. The van der Waals surface area contributed by atoms with Crippen LogP contribution < -0.4 is 0 Å². The maximum absolute atomic E-state index is 14.3. The van der Waals surface area contributed by atoms with Crippen LogP contribution in [0.5, 0.6) is 0 Å². The van der Waals surface area contributed by atoms with Gasteiger partial charge in [-0.1, -0.05) is 19.9 Å². The Balaban J connectivity index is 2.51. The highest BCUT2D eigenvalue weighted by Gasteiger charge is 2.44. The molecule has 0 amide bonds. The van der Waals surface area contributed by atoms with Gasteiger partial charge in [-0.3, -0.25) is 9.69 Å². The first-order chi connectivity index (χ1) is 9.97. The average Bonchev–Trinajstić information content (AvgIpc) is 3.00. The van der Waals surface area contributed by atoms with Gasteiger partial charge in [-0.05, 0) is 57.3 Å². The zero-order chi connectivity index (χ0) is 15.6. The molecule has 0 spiro atoms. The molecule has 1 saturated heterocycles. The zero-order valence-corrected chi connectivity index (χ0v) is 13.0. The summed E-state index contributed by atoms with van der Waals surface area (Å²) >= 11 is 0. The third-order valence-electron chi connectivity index (χ3n) is 4.82. The number of carbonyl (C=O) groups is 1. The molecule has 1 aromatic rings. The molecule has 0 unspecified atom stereocenters. The molecule has 0 aromatic heterocycles. The van der Waals surface area contributed by atoms with Crippen molar-refractivity contribution in [3.63, 3.8) is 0 Å². The molecule has 1 aliphatic rings. The van der Waals surface area contributed by atoms with Crippen molar-refractivity contribution in [1.82, 2.24) is 4.90 Å². The van der Waals surface area contributed by atoms with E-state index in [9.17, 15) is 13.6 Å². The molecule has 2 rings (SSSR count). The Hall–Kier alpha value is -1.29. The van der Waals surface area contributed by atoms with Gasteiger partial charge in [0.1, 0.15) is 11.6 Å². The molecule has 1 aromatic carbocycles. The minimum absolute atomic E-state index is 0.308. The number of carbonyl (C=O) groups excluding carboxylic acids is 1. The molecule has 0 atom stereocenters. The summed E-state index contributed by atoms with van der Waals surface area (Å²) in [5.41, 5.74) is -0.848. The van der Waals surface area contributed by atoms with Crippen LogP contribution in [0.4, 0.5) is 8.78 Å². The summed E-state index contributed by atoms with van der Waals surface area (Å²) < 4.78 is 28.4. The monoisotopic (exact) mass is 295 g/mol. The highest BCUT2D eigenvalue weighted by molar-refractivity contribution is 6.03. The summed E-state index contributed by atoms with van der Waals surface area (Å²) in [4.78, 5) is 15.1. The third-order valence-corrected chi connectivity index (χ3v) is 4.82. The lowest BCUT2D eigenvalue weighted by molar-refractivity contribution is 0.0572. The molecule has 4 heteroatoms. The van der Waals surface area contributed by atoms with Crippen molar-refractivity contribution in [2.45, 2.75) is 52.0 Å². The average molecular weight is 295 g/mol. The Labute approximate surface area is 125 Å². The third kappa shape index (κ3) is 2.61. The van der Waals surface area contributed by atoms with E-state index >= 15 is 0 Å². The number of likely N-dealkylation sites (tertiary alicyclic amines) is 1. The van der Waals surface area contributed by atoms with Crippen LogP contribution in [0.1, 0.15) is 55.5 Å². The number of halogens is 2. The van der Waals surface area contributed by atoms with Gasteiger partial charge in [0.05, 0.1) is 11.1 Å². The standard InChI is InChI=1S/C17H23F2NO/c1-4-17(5-2,20-10-6-7-11-20)16(21)14-13(18)9-8-12(3)15(14)19/h8-9H,4-7,10-11H2,1-3H3. The van der Waals surface area contributed by atoms with Gasteiger partial charge in [0.2, 0.25) is 0 Å². The van der Waals surface area contributed by atoms with Gasteiger partial charge in [-0.2, -0.15) is 0 Å². The first kappa shape index (κ1) is 16.1. The van der Waals surface area contributed by atoms with E-state index in [4.69, 9.17) is 0 Å². The molecule has 2 nitrogen and oxygen atoms in total. The molecule has 1 aliphatic heterocycles. The first-order valence-electron chi connectivity index (χ1n) is 7.72. The summed E-state index contributed by atoms with van der Waals surface area (Å²) in [5, 5.41) is 0. The predicted molar refractivity (Wildman–Crippen MR) is 79.5 cm³/mol. The SMILES string of the molecule is CCC(CC)(C(=O)c1c(F)ccc(C)c1F)N1CCCC1. The topological polar surface area (TPSA) is 20.3 Å². The number of rotatable bonds is 5. The maximum atomic E-state index is 14.3. The van der Waals surface area contributed by atoms with E-state index in [0.717, 1.165) is 25.9 Å². The molecule has 21 heavy (non-hydrogen) atoms. The lowest BCUT2D eigenvalue weighted by atomic mass is 9.82. The highest BCUT2D eigenvalue weighted by Crippen LogP contribution is 2.33. The lowest BCUT2D eigenvalue weighted by Gasteiger charge is -2.39. The Morgan fingerprint density at radius 3 is 2.29 bits per heavy atom. The largest absolute Gasteiger partial charge is 0.292 e. The first-order valence-corrected chi connectivity index (χ1v) is 7.72. The van der Waals surface area contributed by atoms with Crippen LogP contribution in [-0.4, -0.2) is 29.3 Å². The fourth-order valence-corrected chi connectivity index (χ4v) is 3.40. The Morgan fingerprint density at radius 1 is 1.19 bits per heavy atom. The van der Waals surface area contributed by atoms with E-state index in [-0.39, 0.29) is 5.56 Å². The Kier molecular flexibility index (Phi) is 4.77. The molecule has 0 bridgehead atoms. The van der Waals surface area contributed by atoms with Crippen molar-refractivity contribution >= 4 is 5.78 Å². The van der Waals surface area contributed by atoms with Crippen molar-refractivity contribution in [2.75, 3.05) is 13.1 Å². The minimum Gasteiger partial charge on any atom is -0.292 e. The van der Waals surface area contributed by atoms with Crippen LogP contribution >= 0.6 is 0 Å². The molecule has 0 saturated carbocycles. The molecule has 0 N–H and O–H groups in total. The van der Waals surface area contributed by atoms with Crippen LogP contribution in [0.3, 0.4) is 0 Å². The minimum atomic E-state index is -0.786. The van der Waals surface area contributed by atoms with Gasteiger partial charge in [0.25, 0.3) is 0 Å². The fraction of sp³-hybridized carbons (Fsp3) is 0.588. The van der Waals surface area contributed by atoms with E-state index in [0.29, 0.717) is 18.4 Å². The molecule has 1 fully saturated rings. The summed E-state index contributed by atoms with van der Waals surface area (Å²) in [7, 11) is 0. The smallest absolute Gasteiger partial charge is 0.188 e. The Morgan fingerprint density at radius 2 is 1.76 bits per heavy atom. The van der Waals surface area contributed by atoms with Crippen molar-refractivity contribution < 1.29 is 13.6 Å². The van der Waals surface area contributed by atoms with E-state index in [1.807, 2.05) is 13.8 Å². The quantitative estimate of drug-likeness (QED) is 0.762. The molecule has 1 heterocycles. The predicted octanol–water partition coefficient (Wildman–Crippen LogP) is 4.11. The van der Waals surface area contributed by atoms with E-state index in [2.05, 4.69) is 4.90 Å². The summed E-state index contributed by atoms with van der Waals surface area (Å²) in [6, 6.07) is 2.56. The molecule has 116 valence electrons. The molecule has 0 aliphatic carbocycles. The normalized spacial score (nSPS) is 16.4. The molecular weight excluding hydrogens is 272 g/mol. The van der Waals surface area contributed by atoms with Crippen molar-refractivity contribution in [1.29, 1.82) is 0 Å². The number of hydrogen-bond acceptors (Lipinski definition) is 2.